The van der Waals surface area contributed by atoms with Gasteiger partial charge in [-0.25, -0.2) is 0 Å². The molecule has 4 rings (SSSR count). The third-order valence-electron chi connectivity index (χ3n) is 5.90. The molecule has 2 fully saturated rings. The van der Waals surface area contributed by atoms with Gasteiger partial charge in [0, 0.05) is 24.7 Å². The molecule has 2 atom stereocenters. The van der Waals surface area contributed by atoms with Gasteiger partial charge in [-0.15, -0.1) is 0 Å². The molecule has 1 aromatic rings. The van der Waals surface area contributed by atoms with Gasteiger partial charge in [-0.3, -0.25) is 9.59 Å². The molecule has 1 saturated heterocycles. The van der Waals surface area contributed by atoms with Crippen molar-refractivity contribution >= 4 is 17.5 Å². The Labute approximate surface area is 148 Å². The van der Waals surface area contributed by atoms with Gasteiger partial charge in [-0.1, -0.05) is 12.8 Å². The molecule has 134 valence electrons. The number of benzene rings is 1. The zero-order valence-electron chi connectivity index (χ0n) is 14.6. The van der Waals surface area contributed by atoms with Crippen LogP contribution in [0.1, 0.15) is 50.5 Å². The van der Waals surface area contributed by atoms with E-state index in [9.17, 15) is 9.59 Å². The van der Waals surface area contributed by atoms with Crippen LogP contribution in [-0.4, -0.2) is 35.9 Å². The number of aryl methyl sites for hydroxylation is 1. The molecule has 0 radical (unpaired) electrons. The highest BCUT2D eigenvalue weighted by Gasteiger charge is 2.35. The molecule has 0 spiro atoms. The van der Waals surface area contributed by atoms with Gasteiger partial charge in [0.05, 0.1) is 0 Å². The van der Waals surface area contributed by atoms with Crippen LogP contribution in [0.15, 0.2) is 18.2 Å². The van der Waals surface area contributed by atoms with E-state index >= 15 is 0 Å². The van der Waals surface area contributed by atoms with E-state index in [1.54, 1.807) is 0 Å². The Hall–Kier alpha value is -2.04. The quantitative estimate of drug-likeness (QED) is 0.918. The number of anilines is 1. The summed E-state index contributed by atoms with van der Waals surface area (Å²) in [7, 11) is 0. The number of fused-ring (bicyclic) bond motifs is 2. The predicted molar refractivity (Wildman–Crippen MR) is 95.6 cm³/mol. The lowest BCUT2D eigenvalue weighted by atomic mass is 9.78. The Bertz CT molecular complexity index is 671. The normalized spacial score (nSPS) is 25.6. The minimum atomic E-state index is 0.0588. The van der Waals surface area contributed by atoms with Crippen molar-refractivity contribution in [2.24, 2.45) is 5.92 Å². The van der Waals surface area contributed by atoms with E-state index in [0.717, 1.165) is 37.1 Å². The van der Waals surface area contributed by atoms with Gasteiger partial charge < -0.3 is 15.0 Å². The van der Waals surface area contributed by atoms with Crippen molar-refractivity contribution in [2.75, 3.05) is 18.5 Å². The number of carbonyl (C=O) groups excluding carboxylic acids is 2. The molecule has 2 aliphatic heterocycles. The second-order valence-electron chi connectivity index (χ2n) is 7.50. The SMILES string of the molecule is O=C1CCc2cc(OCC(=O)N3CCC[C@@H]4CCCC[C@@H]43)ccc2N1. The molecule has 1 aliphatic carbocycles. The van der Waals surface area contributed by atoms with E-state index in [1.807, 2.05) is 18.2 Å². The first kappa shape index (κ1) is 16.4. The Balaban J connectivity index is 1.37. The minimum absolute atomic E-state index is 0.0588. The second kappa shape index (κ2) is 7.06. The average molecular weight is 342 g/mol. The van der Waals surface area contributed by atoms with E-state index in [2.05, 4.69) is 10.2 Å². The van der Waals surface area contributed by atoms with Gasteiger partial charge in [0.25, 0.3) is 5.91 Å². The lowest BCUT2D eigenvalue weighted by molar-refractivity contribution is -0.139. The summed E-state index contributed by atoms with van der Waals surface area (Å²) < 4.78 is 5.79. The molecule has 0 aromatic heterocycles. The van der Waals surface area contributed by atoms with Gasteiger partial charge in [-0.2, -0.15) is 0 Å². The minimum Gasteiger partial charge on any atom is -0.484 e. The van der Waals surface area contributed by atoms with Crippen LogP contribution in [0.2, 0.25) is 0 Å². The number of nitrogens with one attached hydrogen (secondary N) is 1. The van der Waals surface area contributed by atoms with Crippen molar-refractivity contribution in [3.63, 3.8) is 0 Å². The molecule has 1 N–H and O–H groups in total. The highest BCUT2D eigenvalue weighted by molar-refractivity contribution is 5.94. The van der Waals surface area contributed by atoms with E-state index < -0.39 is 0 Å². The zero-order chi connectivity index (χ0) is 17.2. The fraction of sp³-hybridized carbons (Fsp3) is 0.600. The van der Waals surface area contributed by atoms with Crippen LogP contribution in [-0.2, 0) is 16.0 Å². The smallest absolute Gasteiger partial charge is 0.260 e. The summed E-state index contributed by atoms with van der Waals surface area (Å²) >= 11 is 0. The van der Waals surface area contributed by atoms with Crippen molar-refractivity contribution < 1.29 is 14.3 Å². The molecule has 2 heterocycles. The van der Waals surface area contributed by atoms with E-state index in [4.69, 9.17) is 4.74 Å². The molecule has 2 amide bonds. The number of rotatable bonds is 3. The molecular formula is C20H26N2O3. The number of piperidine rings is 1. The number of hydrogen-bond donors (Lipinski definition) is 1. The monoisotopic (exact) mass is 342 g/mol. The van der Waals surface area contributed by atoms with Crippen molar-refractivity contribution in [2.45, 2.75) is 57.4 Å². The molecule has 5 heteroatoms. The van der Waals surface area contributed by atoms with Gasteiger partial charge in [-0.05, 0) is 61.8 Å². The van der Waals surface area contributed by atoms with Crippen molar-refractivity contribution in [1.29, 1.82) is 0 Å². The molecule has 3 aliphatic rings. The highest BCUT2D eigenvalue weighted by atomic mass is 16.5. The summed E-state index contributed by atoms with van der Waals surface area (Å²) in [5, 5.41) is 2.87. The molecule has 0 bridgehead atoms. The maximum atomic E-state index is 12.7. The number of hydrogen-bond acceptors (Lipinski definition) is 3. The Morgan fingerprint density at radius 2 is 2.00 bits per heavy atom. The van der Waals surface area contributed by atoms with Crippen molar-refractivity contribution in [1.82, 2.24) is 4.90 Å². The van der Waals surface area contributed by atoms with Crippen LogP contribution in [0.5, 0.6) is 5.75 Å². The first-order chi connectivity index (χ1) is 12.2. The molecule has 0 unspecified atom stereocenters. The van der Waals surface area contributed by atoms with Crippen LogP contribution in [0, 0.1) is 5.92 Å². The van der Waals surface area contributed by atoms with E-state index in [0.29, 0.717) is 24.1 Å². The van der Waals surface area contributed by atoms with Gasteiger partial charge in [0.1, 0.15) is 5.75 Å². The average Bonchev–Trinajstić information content (AvgIpc) is 2.65. The van der Waals surface area contributed by atoms with Gasteiger partial charge >= 0.3 is 0 Å². The Kier molecular flexibility index (Phi) is 4.64. The molecule has 25 heavy (non-hydrogen) atoms. The number of carbonyl (C=O) groups is 2. The maximum Gasteiger partial charge on any atom is 0.260 e. The molecule has 1 aromatic carbocycles. The summed E-state index contributed by atoms with van der Waals surface area (Å²) in [6.07, 6.45) is 8.58. The lowest BCUT2D eigenvalue weighted by Crippen LogP contribution is -2.51. The molecule has 5 nitrogen and oxygen atoms in total. The first-order valence-corrected chi connectivity index (χ1v) is 9.56. The zero-order valence-corrected chi connectivity index (χ0v) is 14.6. The van der Waals surface area contributed by atoms with E-state index in [1.165, 1.54) is 25.7 Å². The number of amides is 2. The summed E-state index contributed by atoms with van der Waals surface area (Å²) in [5.74, 6) is 1.57. The summed E-state index contributed by atoms with van der Waals surface area (Å²) in [5.41, 5.74) is 1.94. The maximum absolute atomic E-state index is 12.7. The number of likely N-dealkylation sites (tertiary alicyclic amines) is 1. The van der Waals surface area contributed by atoms with Crippen LogP contribution in [0.4, 0.5) is 5.69 Å². The summed E-state index contributed by atoms with van der Waals surface area (Å²) in [4.78, 5) is 26.2. The fourth-order valence-corrected chi connectivity index (χ4v) is 4.61. The van der Waals surface area contributed by atoms with Crippen LogP contribution in [0.25, 0.3) is 0 Å². The van der Waals surface area contributed by atoms with E-state index in [-0.39, 0.29) is 18.4 Å². The van der Waals surface area contributed by atoms with Gasteiger partial charge in [0.2, 0.25) is 5.91 Å². The lowest BCUT2D eigenvalue weighted by Gasteiger charge is -2.44. The van der Waals surface area contributed by atoms with Crippen LogP contribution in [0.3, 0.4) is 0 Å². The standard InChI is InChI=1S/C20H26N2O3/c23-19-10-7-15-12-16(8-9-17(15)21-19)25-13-20(24)22-11-3-5-14-4-1-2-6-18(14)22/h8-9,12,14,18H,1-7,10-11,13H2,(H,21,23)/t14-,18-/m0/s1. The highest BCUT2D eigenvalue weighted by Crippen LogP contribution is 2.35. The third kappa shape index (κ3) is 3.51. The van der Waals surface area contributed by atoms with Gasteiger partial charge in [0.15, 0.2) is 6.61 Å². The topological polar surface area (TPSA) is 58.6 Å². The van der Waals surface area contributed by atoms with Crippen molar-refractivity contribution in [3.05, 3.63) is 23.8 Å². The first-order valence-electron chi connectivity index (χ1n) is 9.56. The largest absolute Gasteiger partial charge is 0.484 e. The number of ether oxygens (including phenoxy) is 1. The Morgan fingerprint density at radius 1 is 1.16 bits per heavy atom. The second-order valence-corrected chi connectivity index (χ2v) is 7.50. The Morgan fingerprint density at radius 3 is 2.92 bits per heavy atom. The van der Waals surface area contributed by atoms with Crippen LogP contribution >= 0.6 is 0 Å². The van der Waals surface area contributed by atoms with Crippen LogP contribution < -0.4 is 10.1 Å². The fourth-order valence-electron chi connectivity index (χ4n) is 4.61. The predicted octanol–water partition coefficient (Wildman–Crippen LogP) is 3.13. The summed E-state index contributed by atoms with van der Waals surface area (Å²) in [6.45, 7) is 0.980. The number of nitrogens with zero attached hydrogens (tertiary/aromatic N) is 1. The molecule has 1 saturated carbocycles. The summed E-state index contributed by atoms with van der Waals surface area (Å²) in [6, 6.07) is 6.07. The third-order valence-corrected chi connectivity index (χ3v) is 5.90. The molecular weight excluding hydrogens is 316 g/mol. The van der Waals surface area contributed by atoms with Crippen molar-refractivity contribution in [3.8, 4) is 5.75 Å².